The number of hydrogen-bond donors (Lipinski definition) is 0. The Morgan fingerprint density at radius 1 is 1.00 bits per heavy atom. The van der Waals surface area contributed by atoms with E-state index in [-0.39, 0.29) is 5.97 Å². The molecule has 0 fully saturated rings. The van der Waals surface area contributed by atoms with Gasteiger partial charge in [-0.3, -0.25) is 0 Å². The number of rotatable bonds is 10. The van der Waals surface area contributed by atoms with E-state index in [4.69, 9.17) is 4.74 Å². The summed E-state index contributed by atoms with van der Waals surface area (Å²) in [6.45, 7) is 6.76. The average Bonchev–Trinajstić information content (AvgIpc) is 2.33. The number of ether oxygens (including phenoxy) is 1. The molecule has 0 aromatic rings. The number of esters is 1. The molecule has 0 bridgehead atoms. The Morgan fingerprint density at radius 2 is 1.65 bits per heavy atom. The normalized spacial score (nSPS) is 11.6. The molecule has 0 atom stereocenters. The Bertz CT molecular complexity index is 219. The summed E-state index contributed by atoms with van der Waals surface area (Å²) in [4.78, 5) is 11.5. The molecule has 0 heterocycles. The van der Waals surface area contributed by atoms with Crippen molar-refractivity contribution in [3.63, 3.8) is 0 Å². The SMILES string of the molecule is CCCCC=C(C)C(=O)OCCCCCCC. The Morgan fingerprint density at radius 3 is 2.29 bits per heavy atom. The van der Waals surface area contributed by atoms with Crippen molar-refractivity contribution in [2.24, 2.45) is 0 Å². The summed E-state index contributed by atoms with van der Waals surface area (Å²) in [7, 11) is 0. The van der Waals surface area contributed by atoms with Crippen LogP contribution in [0.3, 0.4) is 0 Å². The fourth-order valence-corrected chi connectivity index (χ4v) is 1.59. The minimum atomic E-state index is -0.142. The van der Waals surface area contributed by atoms with Gasteiger partial charge in [0, 0.05) is 5.57 Å². The van der Waals surface area contributed by atoms with Gasteiger partial charge in [0.15, 0.2) is 0 Å². The summed E-state index contributed by atoms with van der Waals surface area (Å²) in [5, 5.41) is 0. The maximum Gasteiger partial charge on any atom is 0.333 e. The summed E-state index contributed by atoms with van der Waals surface area (Å²) < 4.78 is 5.21. The van der Waals surface area contributed by atoms with Gasteiger partial charge in [-0.15, -0.1) is 0 Å². The third-order valence-corrected chi connectivity index (χ3v) is 2.81. The van der Waals surface area contributed by atoms with Crippen LogP contribution in [0, 0.1) is 0 Å². The number of allylic oxidation sites excluding steroid dienone is 1. The summed E-state index contributed by atoms with van der Waals surface area (Å²) in [5.74, 6) is -0.142. The van der Waals surface area contributed by atoms with Gasteiger partial charge >= 0.3 is 5.97 Å². The van der Waals surface area contributed by atoms with Gasteiger partial charge in [-0.2, -0.15) is 0 Å². The standard InChI is InChI=1S/C15H28O2/c1-4-6-8-9-11-13-17-15(16)14(3)12-10-7-5-2/h12H,4-11,13H2,1-3H3. The van der Waals surface area contributed by atoms with Crippen LogP contribution in [0.2, 0.25) is 0 Å². The molecule has 0 saturated carbocycles. The molecule has 17 heavy (non-hydrogen) atoms. The van der Waals surface area contributed by atoms with E-state index in [1.54, 1.807) is 0 Å². The van der Waals surface area contributed by atoms with Crippen LogP contribution in [0.5, 0.6) is 0 Å². The molecule has 0 radical (unpaired) electrons. The average molecular weight is 240 g/mol. The van der Waals surface area contributed by atoms with E-state index in [1.165, 1.54) is 25.7 Å². The van der Waals surface area contributed by atoms with E-state index in [0.29, 0.717) is 6.61 Å². The highest BCUT2D eigenvalue weighted by Gasteiger charge is 2.04. The lowest BCUT2D eigenvalue weighted by atomic mass is 10.1. The molecule has 0 saturated heterocycles. The van der Waals surface area contributed by atoms with Crippen molar-refractivity contribution in [3.8, 4) is 0 Å². The van der Waals surface area contributed by atoms with E-state index in [0.717, 1.165) is 31.3 Å². The molecule has 0 aliphatic carbocycles. The molecule has 0 amide bonds. The fraction of sp³-hybridized carbons (Fsp3) is 0.800. The van der Waals surface area contributed by atoms with Crippen molar-refractivity contribution in [2.75, 3.05) is 6.61 Å². The van der Waals surface area contributed by atoms with E-state index in [9.17, 15) is 4.79 Å². The van der Waals surface area contributed by atoms with Crippen molar-refractivity contribution in [3.05, 3.63) is 11.6 Å². The molecule has 0 aromatic heterocycles. The second-order valence-corrected chi connectivity index (χ2v) is 4.58. The van der Waals surface area contributed by atoms with Gasteiger partial charge in [0.2, 0.25) is 0 Å². The summed E-state index contributed by atoms with van der Waals surface area (Å²) >= 11 is 0. The molecule has 2 nitrogen and oxygen atoms in total. The second-order valence-electron chi connectivity index (χ2n) is 4.58. The van der Waals surface area contributed by atoms with Crippen molar-refractivity contribution < 1.29 is 9.53 Å². The maximum absolute atomic E-state index is 11.5. The molecule has 0 aromatic carbocycles. The third-order valence-electron chi connectivity index (χ3n) is 2.81. The van der Waals surface area contributed by atoms with E-state index >= 15 is 0 Å². The number of carbonyl (C=O) groups excluding carboxylic acids is 1. The zero-order valence-corrected chi connectivity index (χ0v) is 11.8. The highest BCUT2D eigenvalue weighted by molar-refractivity contribution is 5.87. The predicted octanol–water partition coefficient (Wildman–Crippen LogP) is 4.64. The first-order chi connectivity index (χ1) is 8.22. The molecule has 2 heteroatoms. The van der Waals surface area contributed by atoms with Crippen LogP contribution in [0.1, 0.15) is 72.1 Å². The molecular weight excluding hydrogens is 212 g/mol. The molecule has 0 N–H and O–H groups in total. The lowest BCUT2D eigenvalue weighted by molar-refractivity contribution is -0.139. The van der Waals surface area contributed by atoms with Crippen LogP contribution in [0.15, 0.2) is 11.6 Å². The summed E-state index contributed by atoms with van der Waals surface area (Å²) in [5.41, 5.74) is 0.756. The van der Waals surface area contributed by atoms with Crippen molar-refractivity contribution in [1.29, 1.82) is 0 Å². The topological polar surface area (TPSA) is 26.3 Å². The van der Waals surface area contributed by atoms with Gasteiger partial charge in [0.25, 0.3) is 0 Å². The highest BCUT2D eigenvalue weighted by atomic mass is 16.5. The zero-order valence-electron chi connectivity index (χ0n) is 11.8. The molecule has 0 unspecified atom stereocenters. The molecular formula is C15H28O2. The minimum Gasteiger partial charge on any atom is -0.462 e. The fourth-order valence-electron chi connectivity index (χ4n) is 1.59. The Balaban J connectivity index is 3.53. The van der Waals surface area contributed by atoms with Crippen molar-refractivity contribution in [2.45, 2.75) is 72.1 Å². The quantitative estimate of drug-likeness (QED) is 0.316. The number of unbranched alkanes of at least 4 members (excludes halogenated alkanes) is 6. The van der Waals surface area contributed by atoms with Crippen LogP contribution < -0.4 is 0 Å². The van der Waals surface area contributed by atoms with Gasteiger partial charge in [-0.25, -0.2) is 4.79 Å². The van der Waals surface area contributed by atoms with Crippen LogP contribution in [0.25, 0.3) is 0 Å². The highest BCUT2D eigenvalue weighted by Crippen LogP contribution is 2.05. The van der Waals surface area contributed by atoms with Crippen LogP contribution in [-0.2, 0) is 9.53 Å². The Kier molecular flexibility index (Phi) is 11.1. The second kappa shape index (κ2) is 11.7. The number of carbonyl (C=O) groups is 1. The van der Waals surface area contributed by atoms with Crippen molar-refractivity contribution in [1.82, 2.24) is 0 Å². The smallest absolute Gasteiger partial charge is 0.333 e. The summed E-state index contributed by atoms with van der Waals surface area (Å²) in [6, 6.07) is 0. The van der Waals surface area contributed by atoms with E-state index in [1.807, 2.05) is 13.0 Å². The maximum atomic E-state index is 11.5. The zero-order chi connectivity index (χ0) is 12.9. The first-order valence-corrected chi connectivity index (χ1v) is 7.06. The van der Waals surface area contributed by atoms with Gasteiger partial charge < -0.3 is 4.74 Å². The lowest BCUT2D eigenvalue weighted by Gasteiger charge is -2.04. The van der Waals surface area contributed by atoms with Gasteiger partial charge in [0.05, 0.1) is 6.61 Å². The summed E-state index contributed by atoms with van der Waals surface area (Å²) in [6.07, 6.45) is 11.2. The van der Waals surface area contributed by atoms with Gasteiger partial charge in [-0.1, -0.05) is 58.4 Å². The largest absolute Gasteiger partial charge is 0.462 e. The monoisotopic (exact) mass is 240 g/mol. The minimum absolute atomic E-state index is 0.142. The molecule has 0 aliphatic rings. The number of hydrogen-bond acceptors (Lipinski definition) is 2. The lowest BCUT2D eigenvalue weighted by Crippen LogP contribution is -2.07. The van der Waals surface area contributed by atoms with Crippen molar-refractivity contribution >= 4 is 5.97 Å². The molecule has 100 valence electrons. The Hall–Kier alpha value is -0.790. The van der Waals surface area contributed by atoms with Crippen LogP contribution >= 0.6 is 0 Å². The van der Waals surface area contributed by atoms with E-state index in [2.05, 4.69) is 13.8 Å². The van der Waals surface area contributed by atoms with Crippen LogP contribution in [-0.4, -0.2) is 12.6 Å². The van der Waals surface area contributed by atoms with Crippen LogP contribution in [0.4, 0.5) is 0 Å². The van der Waals surface area contributed by atoms with Gasteiger partial charge in [0.1, 0.15) is 0 Å². The predicted molar refractivity (Wildman–Crippen MR) is 73.0 cm³/mol. The third kappa shape index (κ3) is 10.1. The first kappa shape index (κ1) is 16.2. The molecule has 0 spiro atoms. The molecule has 0 aliphatic heterocycles. The van der Waals surface area contributed by atoms with E-state index < -0.39 is 0 Å². The van der Waals surface area contributed by atoms with Gasteiger partial charge in [-0.05, 0) is 19.8 Å². The Labute approximate surface area is 106 Å². The molecule has 0 rings (SSSR count). The first-order valence-electron chi connectivity index (χ1n) is 7.06.